The van der Waals surface area contributed by atoms with E-state index in [0.29, 0.717) is 19.4 Å². The fourth-order valence-corrected chi connectivity index (χ4v) is 10.2. The number of unbranched alkanes of at least 4 members (excludes halogenated alkanes) is 39. The van der Waals surface area contributed by atoms with Gasteiger partial charge in [0.15, 0.2) is 6.29 Å². The fourth-order valence-electron chi connectivity index (χ4n) is 10.2. The highest BCUT2D eigenvalue weighted by Crippen LogP contribution is 2.23. The predicted octanol–water partition coefficient (Wildman–Crippen LogP) is 15.8. The molecule has 0 aromatic carbocycles. The molecule has 7 atom stereocenters. The van der Waals surface area contributed by atoms with E-state index in [9.17, 15) is 35.1 Å². The first-order valence-electron chi connectivity index (χ1n) is 32.8. The van der Waals surface area contributed by atoms with Gasteiger partial charge in [0.25, 0.3) is 0 Å². The highest BCUT2D eigenvalue weighted by molar-refractivity contribution is 5.76. The minimum absolute atomic E-state index is 0.00348. The van der Waals surface area contributed by atoms with E-state index in [1.807, 2.05) is 6.08 Å². The molecular weight excluding hydrogens is 967 g/mol. The van der Waals surface area contributed by atoms with Gasteiger partial charge in [-0.25, -0.2) is 0 Å². The van der Waals surface area contributed by atoms with Gasteiger partial charge >= 0.3 is 5.97 Å². The van der Waals surface area contributed by atoms with Gasteiger partial charge < -0.3 is 45.1 Å². The van der Waals surface area contributed by atoms with Gasteiger partial charge in [-0.3, -0.25) is 9.59 Å². The highest BCUT2D eigenvalue weighted by atomic mass is 16.7. The van der Waals surface area contributed by atoms with E-state index in [4.69, 9.17) is 14.2 Å². The van der Waals surface area contributed by atoms with Gasteiger partial charge in [0, 0.05) is 12.8 Å². The molecule has 0 saturated carbocycles. The van der Waals surface area contributed by atoms with E-state index in [2.05, 4.69) is 43.5 Å². The third-order valence-electron chi connectivity index (χ3n) is 15.5. The van der Waals surface area contributed by atoms with Gasteiger partial charge in [0.1, 0.15) is 24.4 Å². The molecule has 0 radical (unpaired) electrons. The molecule has 1 aliphatic heterocycles. The fraction of sp³-hybridized carbons (Fsp3) is 0.879. The van der Waals surface area contributed by atoms with Crippen molar-refractivity contribution in [3.63, 3.8) is 0 Å². The maximum absolute atomic E-state index is 13.0. The lowest BCUT2D eigenvalue weighted by Gasteiger charge is -2.40. The summed E-state index contributed by atoms with van der Waals surface area (Å²) < 4.78 is 16.7. The van der Waals surface area contributed by atoms with Gasteiger partial charge in [-0.15, -0.1) is 0 Å². The zero-order valence-corrected chi connectivity index (χ0v) is 49.9. The molecule has 0 aromatic heterocycles. The normalized spacial score (nSPS) is 18.8. The molecule has 0 aromatic rings. The van der Waals surface area contributed by atoms with Crippen LogP contribution in [0, 0.1) is 0 Å². The lowest BCUT2D eigenvalue weighted by molar-refractivity contribution is -0.302. The molecular formula is C66H123NO10. The molecule has 1 rings (SSSR count). The van der Waals surface area contributed by atoms with Crippen molar-refractivity contribution < 1.29 is 49.3 Å². The van der Waals surface area contributed by atoms with Crippen molar-refractivity contribution in [3.8, 4) is 0 Å². The summed E-state index contributed by atoms with van der Waals surface area (Å²) >= 11 is 0. The Balaban J connectivity index is 1.95. The van der Waals surface area contributed by atoms with Crippen LogP contribution < -0.4 is 5.32 Å². The summed E-state index contributed by atoms with van der Waals surface area (Å²) in [5.74, 6) is -0.186. The van der Waals surface area contributed by atoms with E-state index >= 15 is 0 Å². The first-order valence-corrected chi connectivity index (χ1v) is 32.8. The molecule has 0 spiro atoms. The minimum Gasteiger partial charge on any atom is -0.466 e. The second-order valence-electron chi connectivity index (χ2n) is 22.8. The van der Waals surface area contributed by atoms with Crippen LogP contribution in [0.4, 0.5) is 0 Å². The van der Waals surface area contributed by atoms with Gasteiger partial charge in [-0.2, -0.15) is 0 Å². The van der Waals surface area contributed by atoms with Crippen LogP contribution in [0.25, 0.3) is 0 Å². The smallest absolute Gasteiger partial charge is 0.305 e. The molecule has 77 heavy (non-hydrogen) atoms. The average molecular weight is 1090 g/mol. The number of rotatable bonds is 57. The van der Waals surface area contributed by atoms with Crippen LogP contribution in [0.5, 0.6) is 0 Å². The SMILES string of the molecule is CCCC/C=C\CCCCCCCC(=O)OCCCCCCCCCCCCCC/C=C\CCCCCCCCCCCCCCCC(=O)NC(COC1OC(CO)C(O)C(O)C1O)C(O)/C=C/CCCCCCCCC. The van der Waals surface area contributed by atoms with Crippen molar-refractivity contribution in [2.75, 3.05) is 19.8 Å². The second-order valence-corrected chi connectivity index (χ2v) is 22.8. The number of aliphatic hydroxyl groups excluding tert-OH is 5. The van der Waals surface area contributed by atoms with Crippen molar-refractivity contribution >= 4 is 11.9 Å². The largest absolute Gasteiger partial charge is 0.466 e. The number of amides is 1. The maximum Gasteiger partial charge on any atom is 0.305 e. The number of hydrogen-bond acceptors (Lipinski definition) is 10. The van der Waals surface area contributed by atoms with Crippen molar-refractivity contribution in [2.24, 2.45) is 0 Å². The number of carbonyl (C=O) groups excluding carboxylic acids is 2. The Kier molecular flexibility index (Phi) is 52.8. The summed E-state index contributed by atoms with van der Waals surface area (Å²) in [6.45, 7) is 4.29. The Morgan fingerprint density at radius 1 is 0.468 bits per heavy atom. The molecule has 0 bridgehead atoms. The summed E-state index contributed by atoms with van der Waals surface area (Å²) in [6, 6.07) is -0.808. The van der Waals surface area contributed by atoms with Crippen LogP contribution in [0.3, 0.4) is 0 Å². The summed E-state index contributed by atoms with van der Waals surface area (Å²) in [6.07, 6.45) is 59.9. The maximum atomic E-state index is 13.0. The van der Waals surface area contributed by atoms with Crippen molar-refractivity contribution in [3.05, 3.63) is 36.5 Å². The standard InChI is InChI=1S/C66H123NO10/c1-3-5-7-9-11-13-33-38-42-46-50-54-62(71)75-55-51-47-43-39-35-32-30-28-26-24-22-20-18-16-14-15-17-19-21-23-25-27-29-31-34-37-41-45-49-53-61(70)67-58(59(69)52-48-44-40-36-12-10-8-6-4-2)57-76-66-65(74)64(73)63(72)60(56-68)77-66/h9,11,14,16,48,52,58-60,63-66,68-69,72-74H,3-8,10,12-13,15,17-47,49-51,53-57H2,1-2H3,(H,67,70)/b11-9-,16-14-,52-48+. The van der Waals surface area contributed by atoms with Crippen LogP contribution >= 0.6 is 0 Å². The van der Waals surface area contributed by atoms with Crippen molar-refractivity contribution in [1.29, 1.82) is 0 Å². The summed E-state index contributed by atoms with van der Waals surface area (Å²) in [5.41, 5.74) is 0. The van der Waals surface area contributed by atoms with E-state index in [1.54, 1.807) is 6.08 Å². The molecule has 1 amide bonds. The molecule has 452 valence electrons. The Hall–Kier alpha value is -2.12. The number of carbonyl (C=O) groups is 2. The van der Waals surface area contributed by atoms with Gasteiger partial charge in [-0.05, 0) is 77.0 Å². The third-order valence-corrected chi connectivity index (χ3v) is 15.5. The monoisotopic (exact) mass is 1090 g/mol. The first-order chi connectivity index (χ1) is 37.7. The second kappa shape index (κ2) is 55.8. The zero-order chi connectivity index (χ0) is 55.9. The number of ether oxygens (including phenoxy) is 3. The molecule has 11 nitrogen and oxygen atoms in total. The quantitative estimate of drug-likeness (QED) is 0.0195. The number of hydrogen-bond donors (Lipinski definition) is 6. The summed E-state index contributed by atoms with van der Waals surface area (Å²) in [7, 11) is 0. The Labute approximate surface area is 473 Å². The zero-order valence-electron chi connectivity index (χ0n) is 49.9. The van der Waals surface area contributed by atoms with E-state index < -0.39 is 49.5 Å². The molecule has 7 unspecified atom stereocenters. The predicted molar refractivity (Wildman–Crippen MR) is 320 cm³/mol. The van der Waals surface area contributed by atoms with E-state index in [-0.39, 0.29) is 18.5 Å². The van der Waals surface area contributed by atoms with Crippen LogP contribution in [0.2, 0.25) is 0 Å². The summed E-state index contributed by atoms with van der Waals surface area (Å²) in [5, 5.41) is 54.2. The van der Waals surface area contributed by atoms with Gasteiger partial charge in [0.2, 0.25) is 5.91 Å². The number of esters is 1. The average Bonchev–Trinajstić information content (AvgIpc) is 3.43. The number of allylic oxidation sites excluding steroid dienone is 5. The number of nitrogens with one attached hydrogen (secondary N) is 1. The Bertz CT molecular complexity index is 1370. The molecule has 1 saturated heterocycles. The molecule has 0 aliphatic carbocycles. The van der Waals surface area contributed by atoms with Crippen LogP contribution in [-0.2, 0) is 23.8 Å². The van der Waals surface area contributed by atoms with Crippen molar-refractivity contribution in [1.82, 2.24) is 5.32 Å². The van der Waals surface area contributed by atoms with Crippen LogP contribution in [0.1, 0.15) is 309 Å². The minimum atomic E-state index is -1.57. The first kappa shape index (κ1) is 72.9. The van der Waals surface area contributed by atoms with E-state index in [0.717, 1.165) is 57.8 Å². The lowest BCUT2D eigenvalue weighted by Crippen LogP contribution is -2.60. The summed E-state index contributed by atoms with van der Waals surface area (Å²) in [4.78, 5) is 25.0. The van der Waals surface area contributed by atoms with Crippen LogP contribution in [0.15, 0.2) is 36.5 Å². The molecule has 11 heteroatoms. The van der Waals surface area contributed by atoms with Gasteiger partial charge in [-0.1, -0.05) is 256 Å². The molecule has 1 heterocycles. The molecule has 6 N–H and O–H groups in total. The molecule has 1 aliphatic rings. The highest BCUT2D eigenvalue weighted by Gasteiger charge is 2.44. The Morgan fingerprint density at radius 3 is 1.29 bits per heavy atom. The molecule has 1 fully saturated rings. The third kappa shape index (κ3) is 45.2. The lowest BCUT2D eigenvalue weighted by atomic mass is 9.99. The van der Waals surface area contributed by atoms with Crippen molar-refractivity contribution in [2.45, 2.75) is 352 Å². The van der Waals surface area contributed by atoms with E-state index in [1.165, 1.54) is 225 Å². The Morgan fingerprint density at radius 2 is 0.844 bits per heavy atom. The van der Waals surface area contributed by atoms with Crippen LogP contribution in [-0.4, -0.2) is 100 Å². The van der Waals surface area contributed by atoms with Gasteiger partial charge in [0.05, 0.1) is 32.0 Å². The topological polar surface area (TPSA) is 175 Å². The number of aliphatic hydroxyl groups is 5.